The zero-order valence-corrected chi connectivity index (χ0v) is 67.6. The lowest BCUT2D eigenvalue weighted by atomic mass is 9.69. The Morgan fingerprint density at radius 3 is 1.06 bits per heavy atom. The number of rotatable bonds is 46. The van der Waals surface area contributed by atoms with Crippen LogP contribution in [0.25, 0.3) is 65.6 Å². The van der Waals surface area contributed by atoms with Crippen molar-refractivity contribution >= 4 is 67.4 Å². The van der Waals surface area contributed by atoms with Gasteiger partial charge in [-0.3, -0.25) is 19.4 Å². The van der Waals surface area contributed by atoms with E-state index >= 15 is 9.59 Å². The summed E-state index contributed by atoms with van der Waals surface area (Å²) in [5.41, 5.74) is 20.6. The molecule has 0 atom stereocenters. The van der Waals surface area contributed by atoms with Gasteiger partial charge in [-0.25, -0.2) is 0 Å². The predicted molar refractivity (Wildman–Crippen MR) is 448 cm³/mol. The second-order valence-corrected chi connectivity index (χ2v) is 36.4. The summed E-state index contributed by atoms with van der Waals surface area (Å²) in [7, 11) is 0. The molecular formula is C97H132N2O2S2. The highest BCUT2D eigenvalue weighted by Crippen LogP contribution is 2.61. The normalized spacial score (nSPS) is 15.7. The molecule has 4 aromatic carbocycles. The van der Waals surface area contributed by atoms with Crippen LogP contribution in [-0.4, -0.2) is 21.6 Å². The van der Waals surface area contributed by atoms with Gasteiger partial charge in [-0.05, 0) is 158 Å². The van der Waals surface area contributed by atoms with Crippen molar-refractivity contribution in [2.45, 2.75) is 367 Å². The molecule has 6 heteroatoms. The first-order valence-corrected chi connectivity index (χ1v) is 44.6. The minimum absolute atomic E-state index is 0.00323. The fraction of sp³-hybridized carbons (Fsp3) is 0.588. The average Bonchev–Trinajstić information content (AvgIpc) is 1.53. The minimum Gasteiger partial charge on any atom is -0.282 e. The van der Waals surface area contributed by atoms with Crippen LogP contribution in [0.1, 0.15) is 406 Å². The van der Waals surface area contributed by atoms with E-state index in [0.717, 1.165) is 59.3 Å². The van der Waals surface area contributed by atoms with Crippen LogP contribution >= 0.6 is 22.7 Å². The van der Waals surface area contributed by atoms with Crippen LogP contribution < -0.4 is 0 Å². The molecule has 4 aliphatic heterocycles. The van der Waals surface area contributed by atoms with Gasteiger partial charge in [-0.1, -0.05) is 349 Å². The van der Waals surface area contributed by atoms with E-state index < -0.39 is 0 Å². The molecule has 103 heavy (non-hydrogen) atoms. The van der Waals surface area contributed by atoms with Crippen molar-refractivity contribution in [3.8, 4) is 32.7 Å². The van der Waals surface area contributed by atoms with Gasteiger partial charge in [0.2, 0.25) is 0 Å². The third-order valence-electron chi connectivity index (χ3n) is 25.2. The maximum Gasteiger partial charge on any atom is 0.265 e. The second-order valence-electron chi connectivity index (χ2n) is 34.2. The highest BCUT2D eigenvalue weighted by molar-refractivity contribution is 7.29. The number of fused-ring (bicyclic) bond motifs is 14. The molecule has 6 heterocycles. The van der Waals surface area contributed by atoms with Crippen molar-refractivity contribution in [2.75, 3.05) is 0 Å². The Morgan fingerprint density at radius 2 is 0.699 bits per heavy atom. The van der Waals surface area contributed by atoms with Gasteiger partial charge in [0.05, 0.1) is 22.5 Å². The van der Waals surface area contributed by atoms with Crippen LogP contribution in [0.3, 0.4) is 0 Å². The number of hydrogen-bond donors (Lipinski definition) is 0. The SMILES string of the molecule is CCCCCCCCCCCCC1(CCCCCCCCCCCC)c2cc(-c3cc4sc(C(C)C)cc4s3)ccc2-c2cc3c(cc21)C1=C2C(=O)N4C=Cc5cc6c(cc5C4=C2C(=O)N1C=C3)C(CCCCCCCCCCCC)(CCCCCCCCCCCC)c1cc(C(C)(C)C)ccc1-6. The number of carbonyl (C=O) groups excluding carboxylic acids is 2. The number of unbranched alkanes of at least 4 members (excludes halogenated alkanes) is 36. The monoisotopic (exact) mass is 1420 g/mol. The summed E-state index contributed by atoms with van der Waals surface area (Å²) in [5.74, 6) is 0.370. The molecule has 2 aliphatic carbocycles. The van der Waals surface area contributed by atoms with Crippen molar-refractivity contribution < 1.29 is 9.59 Å². The molecule has 6 aromatic rings. The summed E-state index contributed by atoms with van der Waals surface area (Å²) >= 11 is 3.93. The molecule has 0 unspecified atom stereocenters. The molecule has 2 amide bonds. The summed E-state index contributed by atoms with van der Waals surface area (Å²) in [6.07, 6.45) is 65.5. The smallest absolute Gasteiger partial charge is 0.265 e. The third-order valence-corrected chi connectivity index (χ3v) is 27.9. The Balaban J connectivity index is 0.925. The number of amides is 2. The van der Waals surface area contributed by atoms with E-state index in [2.05, 4.69) is 147 Å². The second kappa shape index (κ2) is 36.4. The van der Waals surface area contributed by atoms with Crippen molar-refractivity contribution in [1.29, 1.82) is 0 Å². The summed E-state index contributed by atoms with van der Waals surface area (Å²) in [6.45, 7) is 21.1. The lowest BCUT2D eigenvalue weighted by Crippen LogP contribution is -2.29. The molecule has 6 aliphatic rings. The molecule has 0 saturated heterocycles. The molecular weight excluding hydrogens is 1290 g/mol. The Morgan fingerprint density at radius 1 is 0.359 bits per heavy atom. The van der Waals surface area contributed by atoms with Crippen molar-refractivity contribution in [3.05, 3.63) is 151 Å². The third kappa shape index (κ3) is 17.1. The molecule has 554 valence electrons. The Labute approximate surface area is 633 Å². The summed E-state index contributed by atoms with van der Waals surface area (Å²) in [4.78, 5) is 38.5. The summed E-state index contributed by atoms with van der Waals surface area (Å²) in [5, 5.41) is 0. The van der Waals surface area contributed by atoms with Crippen LogP contribution in [0.2, 0.25) is 0 Å². The molecule has 0 N–H and O–H groups in total. The van der Waals surface area contributed by atoms with Gasteiger partial charge < -0.3 is 0 Å². The fourth-order valence-electron chi connectivity index (χ4n) is 19.1. The van der Waals surface area contributed by atoms with Crippen molar-refractivity contribution in [3.63, 3.8) is 0 Å². The van der Waals surface area contributed by atoms with E-state index in [0.29, 0.717) is 17.1 Å². The molecule has 0 fully saturated rings. The molecule has 0 spiro atoms. The fourth-order valence-corrected chi connectivity index (χ4v) is 21.5. The average molecular weight is 1420 g/mol. The lowest BCUT2D eigenvalue weighted by molar-refractivity contribution is -0.122. The largest absolute Gasteiger partial charge is 0.282 e. The Hall–Kier alpha value is -5.56. The molecule has 12 rings (SSSR count). The van der Waals surface area contributed by atoms with Crippen molar-refractivity contribution in [1.82, 2.24) is 9.80 Å². The Bertz CT molecular complexity index is 3910. The van der Waals surface area contributed by atoms with Gasteiger partial charge in [0.1, 0.15) is 0 Å². The number of nitrogens with zero attached hydrogens (tertiary/aromatic N) is 2. The van der Waals surface area contributed by atoms with Gasteiger partial charge >= 0.3 is 0 Å². The molecule has 0 bridgehead atoms. The number of thiophene rings is 2. The molecule has 0 radical (unpaired) electrons. The first-order chi connectivity index (χ1) is 50.3. The maximum absolute atomic E-state index is 16.0. The molecule has 2 aromatic heterocycles. The van der Waals surface area contributed by atoms with E-state index in [9.17, 15) is 0 Å². The lowest BCUT2D eigenvalue weighted by Gasteiger charge is -2.35. The van der Waals surface area contributed by atoms with Gasteiger partial charge in [0.15, 0.2) is 0 Å². The number of hydrogen-bond acceptors (Lipinski definition) is 4. The van der Waals surface area contributed by atoms with Gasteiger partial charge in [0, 0.05) is 53.5 Å². The quantitative estimate of drug-likeness (QED) is 0.0357. The highest BCUT2D eigenvalue weighted by atomic mass is 32.1. The summed E-state index contributed by atoms with van der Waals surface area (Å²) < 4.78 is 2.81. The van der Waals surface area contributed by atoms with Crippen LogP contribution in [0.15, 0.2) is 96.3 Å². The van der Waals surface area contributed by atoms with Crippen LogP contribution in [0, 0.1) is 0 Å². The van der Waals surface area contributed by atoms with Crippen LogP contribution in [-0.2, 0) is 25.8 Å². The van der Waals surface area contributed by atoms with Gasteiger partial charge in [-0.15, -0.1) is 22.7 Å². The number of benzene rings is 4. The predicted octanol–water partition coefficient (Wildman–Crippen LogP) is 30.6. The van der Waals surface area contributed by atoms with E-state index in [1.165, 1.54) is 332 Å². The van der Waals surface area contributed by atoms with E-state index in [1.807, 2.05) is 44.9 Å². The van der Waals surface area contributed by atoms with Gasteiger partial charge in [0.25, 0.3) is 11.8 Å². The topological polar surface area (TPSA) is 40.6 Å². The van der Waals surface area contributed by atoms with Crippen molar-refractivity contribution in [2.24, 2.45) is 0 Å². The van der Waals surface area contributed by atoms with E-state index in [1.54, 1.807) is 0 Å². The highest BCUT2D eigenvalue weighted by Gasteiger charge is 2.53. The van der Waals surface area contributed by atoms with E-state index in [-0.39, 0.29) is 28.1 Å². The Kier molecular flexibility index (Phi) is 27.2. The van der Waals surface area contributed by atoms with E-state index in [4.69, 9.17) is 0 Å². The zero-order chi connectivity index (χ0) is 71.9. The molecule has 0 saturated carbocycles. The maximum atomic E-state index is 16.0. The summed E-state index contributed by atoms with van der Waals surface area (Å²) in [6, 6.07) is 30.0. The number of carbonyl (C=O) groups is 2. The minimum atomic E-state index is -0.213. The first kappa shape index (κ1) is 77.1. The van der Waals surface area contributed by atoms with Crippen LogP contribution in [0.4, 0.5) is 0 Å². The van der Waals surface area contributed by atoms with Gasteiger partial charge in [-0.2, -0.15) is 0 Å². The zero-order valence-electron chi connectivity index (χ0n) is 66.0. The standard InChI is InChI=1S/C97H132N2O2S2/c1-10-14-18-22-26-30-34-38-42-46-56-96(57-47-43-39-35-31-27-23-19-15-11-2)81-64-73(86-69-88-87(103-86)68-85(102-88)70(5)6)50-52-75(81)79-62-71-54-60-98-91(77(71)66-83(79)96)89-90(94(98)101)92-78-67-84-80(63-72(78)55-61-99(92)93(89)100)76-53-51-74(95(7,8)9)65-82(76)97(84,58-48-44-40-36-32-28-24-20-16-12-3)59-49-45-41-37-33-29-25-21-17-13-4/h50-55,60-70H,10-49,56-59H2,1-9H3. The first-order valence-electron chi connectivity index (χ1n) is 43.0. The molecule has 4 nitrogen and oxygen atoms in total. The van der Waals surface area contributed by atoms with Crippen LogP contribution in [0.5, 0.6) is 0 Å².